The van der Waals surface area contributed by atoms with Crippen LogP contribution in [-0.4, -0.2) is 10.8 Å². The molecule has 0 heterocycles. The predicted molar refractivity (Wildman–Crippen MR) is 80.2 cm³/mol. The van der Waals surface area contributed by atoms with Gasteiger partial charge in [-0.2, -0.15) is 5.10 Å². The molecule has 1 aliphatic rings. The van der Waals surface area contributed by atoms with Crippen molar-refractivity contribution in [2.45, 2.75) is 25.7 Å². The maximum absolute atomic E-state index is 5.40. The molecule has 0 radical (unpaired) electrons. The van der Waals surface area contributed by atoms with Crippen molar-refractivity contribution in [1.82, 2.24) is 5.43 Å². The smallest absolute Gasteiger partial charge is 0.184 e. The Bertz CT molecular complexity index is 477. The third-order valence-corrected chi connectivity index (χ3v) is 3.01. The van der Waals surface area contributed by atoms with Crippen LogP contribution in [0.15, 0.2) is 41.0 Å². The second kappa shape index (κ2) is 6.31. The minimum atomic E-state index is 0.215. The maximum Gasteiger partial charge on any atom is 0.184 e. The Labute approximate surface area is 113 Å². The quantitative estimate of drug-likeness (QED) is 0.634. The van der Waals surface area contributed by atoms with Crippen molar-refractivity contribution >= 4 is 29.1 Å². The molecule has 0 saturated heterocycles. The average Bonchev–Trinajstić information content (AvgIpc) is 2.39. The summed E-state index contributed by atoms with van der Waals surface area (Å²) in [5, 5.41) is 4.51. The van der Waals surface area contributed by atoms with Gasteiger partial charge in [0.2, 0.25) is 0 Å². The first kappa shape index (κ1) is 12.8. The van der Waals surface area contributed by atoms with Gasteiger partial charge in [0.1, 0.15) is 0 Å². The van der Waals surface area contributed by atoms with Crippen LogP contribution in [0.1, 0.15) is 31.2 Å². The Balaban J connectivity index is 2.20. The number of hydrogen-bond acceptors (Lipinski definition) is 2. The fourth-order valence-electron chi connectivity index (χ4n) is 2.07. The van der Waals surface area contributed by atoms with Gasteiger partial charge in [-0.25, -0.2) is 0 Å². The summed E-state index contributed by atoms with van der Waals surface area (Å²) in [6.07, 6.45) is 6.62. The molecule has 1 aromatic rings. The minimum absolute atomic E-state index is 0.215. The molecule has 0 aliphatic heterocycles. The molecular weight excluding hydrogens is 242 g/mol. The van der Waals surface area contributed by atoms with Gasteiger partial charge in [0.15, 0.2) is 5.11 Å². The molecule has 1 aromatic carbocycles. The lowest BCUT2D eigenvalue weighted by atomic mass is 9.91. The van der Waals surface area contributed by atoms with E-state index in [1.165, 1.54) is 24.0 Å². The summed E-state index contributed by atoms with van der Waals surface area (Å²) >= 11 is 4.77. The Morgan fingerprint density at radius 3 is 2.67 bits per heavy atom. The van der Waals surface area contributed by atoms with E-state index < -0.39 is 0 Å². The third-order valence-electron chi connectivity index (χ3n) is 2.92. The van der Waals surface area contributed by atoms with E-state index in [0.717, 1.165) is 18.6 Å². The minimum Gasteiger partial charge on any atom is -0.375 e. The molecule has 1 fully saturated rings. The summed E-state index contributed by atoms with van der Waals surface area (Å²) in [6, 6.07) is 10.3. The SMILES string of the molecule is NC(=S)N/N=C1\CCCC\C1=C/c1ccccc1. The van der Waals surface area contributed by atoms with Crippen LogP contribution in [-0.2, 0) is 0 Å². The molecule has 0 amide bonds. The van der Waals surface area contributed by atoms with Gasteiger partial charge in [0.05, 0.1) is 5.71 Å². The normalized spacial score (nSPS) is 20.0. The van der Waals surface area contributed by atoms with Gasteiger partial charge in [-0.3, -0.25) is 5.43 Å². The number of nitrogens with two attached hydrogens (primary N) is 1. The van der Waals surface area contributed by atoms with E-state index in [2.05, 4.69) is 28.7 Å². The van der Waals surface area contributed by atoms with Crippen LogP contribution in [0.3, 0.4) is 0 Å². The summed E-state index contributed by atoms with van der Waals surface area (Å²) in [5.74, 6) is 0. The van der Waals surface area contributed by atoms with Gasteiger partial charge < -0.3 is 5.73 Å². The first-order chi connectivity index (χ1) is 8.75. The second-order valence-corrected chi connectivity index (χ2v) is 4.76. The number of hydrogen-bond donors (Lipinski definition) is 2. The average molecular weight is 259 g/mol. The highest BCUT2D eigenvalue weighted by molar-refractivity contribution is 7.80. The van der Waals surface area contributed by atoms with Gasteiger partial charge in [-0.05, 0) is 55.1 Å². The summed E-state index contributed by atoms with van der Waals surface area (Å²) in [6.45, 7) is 0. The largest absolute Gasteiger partial charge is 0.375 e. The zero-order chi connectivity index (χ0) is 12.8. The first-order valence-electron chi connectivity index (χ1n) is 6.14. The van der Waals surface area contributed by atoms with Crippen molar-refractivity contribution in [3.63, 3.8) is 0 Å². The molecule has 0 aromatic heterocycles. The van der Waals surface area contributed by atoms with Gasteiger partial charge in [0, 0.05) is 0 Å². The van der Waals surface area contributed by atoms with Crippen molar-refractivity contribution in [3.8, 4) is 0 Å². The van der Waals surface area contributed by atoms with Crippen molar-refractivity contribution in [2.75, 3.05) is 0 Å². The van der Waals surface area contributed by atoms with E-state index in [9.17, 15) is 0 Å². The standard InChI is InChI=1S/C14H17N3S/c15-14(18)17-16-13-9-5-4-8-12(13)10-11-6-2-1-3-7-11/h1-3,6-7,10H,4-5,8-9H2,(H3,15,17,18)/b12-10+,16-13+. The van der Waals surface area contributed by atoms with Crippen LogP contribution >= 0.6 is 12.2 Å². The molecule has 3 nitrogen and oxygen atoms in total. The molecule has 3 N–H and O–H groups in total. The lowest BCUT2D eigenvalue weighted by Gasteiger charge is -2.17. The number of hydrazone groups is 1. The summed E-state index contributed by atoms with van der Waals surface area (Å²) in [7, 11) is 0. The highest BCUT2D eigenvalue weighted by Crippen LogP contribution is 2.23. The Morgan fingerprint density at radius 1 is 1.22 bits per heavy atom. The molecule has 2 rings (SSSR count). The van der Waals surface area contributed by atoms with Crippen LogP contribution in [0.4, 0.5) is 0 Å². The number of rotatable bonds is 2. The number of allylic oxidation sites excluding steroid dienone is 1. The van der Waals surface area contributed by atoms with Gasteiger partial charge in [-0.15, -0.1) is 0 Å². The highest BCUT2D eigenvalue weighted by atomic mass is 32.1. The van der Waals surface area contributed by atoms with E-state index in [0.29, 0.717) is 0 Å². The first-order valence-corrected chi connectivity index (χ1v) is 6.54. The Kier molecular flexibility index (Phi) is 4.47. The molecule has 0 atom stereocenters. The Morgan fingerprint density at radius 2 is 1.94 bits per heavy atom. The van der Waals surface area contributed by atoms with Crippen molar-refractivity contribution in [1.29, 1.82) is 0 Å². The molecule has 4 heteroatoms. The highest BCUT2D eigenvalue weighted by Gasteiger charge is 2.13. The van der Waals surface area contributed by atoms with E-state index in [-0.39, 0.29) is 5.11 Å². The lowest BCUT2D eigenvalue weighted by molar-refractivity contribution is 0.730. The lowest BCUT2D eigenvalue weighted by Crippen LogP contribution is -2.26. The summed E-state index contributed by atoms with van der Waals surface area (Å²) < 4.78 is 0. The monoisotopic (exact) mass is 259 g/mol. The fraction of sp³-hybridized carbons (Fsp3) is 0.286. The van der Waals surface area contributed by atoms with E-state index in [1.807, 2.05) is 18.2 Å². The van der Waals surface area contributed by atoms with Crippen molar-refractivity contribution < 1.29 is 0 Å². The molecule has 0 spiro atoms. The molecule has 0 bridgehead atoms. The molecule has 1 aliphatic carbocycles. The van der Waals surface area contributed by atoms with Crippen LogP contribution in [0.5, 0.6) is 0 Å². The summed E-state index contributed by atoms with van der Waals surface area (Å²) in [4.78, 5) is 0. The van der Waals surface area contributed by atoms with E-state index in [4.69, 9.17) is 18.0 Å². The second-order valence-electron chi connectivity index (χ2n) is 4.32. The predicted octanol–water partition coefficient (Wildman–Crippen LogP) is 2.83. The van der Waals surface area contributed by atoms with Crippen molar-refractivity contribution in [3.05, 3.63) is 41.5 Å². The van der Waals surface area contributed by atoms with Crippen molar-refractivity contribution in [2.24, 2.45) is 10.8 Å². The Hall–Kier alpha value is -1.68. The summed E-state index contributed by atoms with van der Waals surface area (Å²) in [5.41, 5.74) is 11.6. The molecule has 1 saturated carbocycles. The van der Waals surface area contributed by atoms with Crippen LogP contribution in [0.25, 0.3) is 6.08 Å². The van der Waals surface area contributed by atoms with Crippen LogP contribution in [0, 0.1) is 0 Å². The number of nitrogens with zero attached hydrogens (tertiary/aromatic N) is 1. The fourth-order valence-corrected chi connectivity index (χ4v) is 2.11. The van der Waals surface area contributed by atoms with Gasteiger partial charge in [0.25, 0.3) is 0 Å². The molecule has 94 valence electrons. The molecular formula is C14H17N3S. The van der Waals surface area contributed by atoms with Crippen LogP contribution in [0.2, 0.25) is 0 Å². The van der Waals surface area contributed by atoms with Gasteiger partial charge >= 0.3 is 0 Å². The zero-order valence-electron chi connectivity index (χ0n) is 10.2. The number of thiocarbonyl (C=S) groups is 1. The van der Waals surface area contributed by atoms with Gasteiger partial charge in [-0.1, -0.05) is 30.3 Å². The third kappa shape index (κ3) is 3.67. The molecule has 18 heavy (non-hydrogen) atoms. The topological polar surface area (TPSA) is 50.4 Å². The number of nitrogens with one attached hydrogen (secondary N) is 1. The van der Waals surface area contributed by atoms with E-state index in [1.54, 1.807) is 0 Å². The molecule has 0 unspecified atom stereocenters. The number of benzene rings is 1. The zero-order valence-corrected chi connectivity index (χ0v) is 11.0. The van der Waals surface area contributed by atoms with Crippen LogP contribution < -0.4 is 11.2 Å². The van der Waals surface area contributed by atoms with E-state index >= 15 is 0 Å². The maximum atomic E-state index is 5.40.